The van der Waals surface area contributed by atoms with E-state index in [-0.39, 0.29) is 0 Å². The van der Waals surface area contributed by atoms with Crippen molar-refractivity contribution in [2.75, 3.05) is 6.54 Å². The van der Waals surface area contributed by atoms with Crippen LogP contribution in [0.2, 0.25) is 0 Å². The predicted octanol–water partition coefficient (Wildman–Crippen LogP) is 4.27. The van der Waals surface area contributed by atoms with Crippen molar-refractivity contribution in [1.29, 1.82) is 0 Å². The molecule has 0 saturated heterocycles. The Hall–Kier alpha value is -3.40. The number of nitrogens with one attached hydrogen (secondary N) is 2. The van der Waals surface area contributed by atoms with E-state index in [9.17, 15) is 0 Å². The second kappa shape index (κ2) is 8.31. The molecule has 0 amide bonds. The fourth-order valence-electron chi connectivity index (χ4n) is 3.38. The highest BCUT2D eigenvalue weighted by Crippen LogP contribution is 2.32. The molecule has 0 unspecified atom stereocenters. The third-order valence-corrected chi connectivity index (χ3v) is 5.50. The Balaban J connectivity index is 1.60. The molecule has 1 aliphatic carbocycles. The molecule has 1 aromatic rings. The zero-order valence-electron chi connectivity index (χ0n) is 17.4. The smallest absolute Gasteiger partial charge is 0.0657 e. The molecule has 1 aliphatic heterocycles. The molecule has 4 N–H and O–H groups in total. The summed E-state index contributed by atoms with van der Waals surface area (Å²) >= 11 is 0. The standard InChI is InChI=1S/C25H30N4/c1-16-10-11-22(13-23(16)15-28-25-19(4)18(3)24(25)26)14-27-20(5)21(6)29-12-8-7-9-17(29)2/h7-11,13,27-28H,3-6,12,14-15,26H2,1-2H3. The number of rotatable bonds is 8. The van der Waals surface area contributed by atoms with E-state index in [1.165, 1.54) is 16.7 Å². The average molecular weight is 387 g/mol. The minimum Gasteiger partial charge on any atom is -0.397 e. The summed E-state index contributed by atoms with van der Waals surface area (Å²) in [7, 11) is 0. The molecule has 29 heavy (non-hydrogen) atoms. The van der Waals surface area contributed by atoms with Crippen LogP contribution in [0, 0.1) is 6.92 Å². The number of nitrogens with two attached hydrogens (primary N) is 1. The second-order valence-electron chi connectivity index (χ2n) is 7.49. The van der Waals surface area contributed by atoms with Crippen molar-refractivity contribution < 1.29 is 0 Å². The topological polar surface area (TPSA) is 53.3 Å². The van der Waals surface area contributed by atoms with Crippen molar-refractivity contribution in [3.8, 4) is 0 Å². The minimum absolute atomic E-state index is 0.686. The number of aryl methyl sites for hydroxylation is 1. The summed E-state index contributed by atoms with van der Waals surface area (Å²) in [6.07, 6.45) is 6.25. The summed E-state index contributed by atoms with van der Waals surface area (Å²) in [5.41, 5.74) is 15.8. The van der Waals surface area contributed by atoms with Crippen molar-refractivity contribution in [2.24, 2.45) is 5.73 Å². The first-order valence-corrected chi connectivity index (χ1v) is 9.73. The summed E-state index contributed by atoms with van der Waals surface area (Å²) in [6.45, 7) is 22.7. The van der Waals surface area contributed by atoms with Gasteiger partial charge in [0.05, 0.1) is 22.8 Å². The summed E-state index contributed by atoms with van der Waals surface area (Å²) < 4.78 is 0. The molecule has 4 nitrogen and oxygen atoms in total. The molecule has 150 valence electrons. The predicted molar refractivity (Wildman–Crippen MR) is 122 cm³/mol. The van der Waals surface area contributed by atoms with Gasteiger partial charge in [0, 0.05) is 36.5 Å². The maximum absolute atomic E-state index is 5.99. The van der Waals surface area contributed by atoms with E-state index >= 15 is 0 Å². The summed E-state index contributed by atoms with van der Waals surface area (Å²) in [5, 5.41) is 6.80. The van der Waals surface area contributed by atoms with Gasteiger partial charge in [0.1, 0.15) is 0 Å². The lowest BCUT2D eigenvalue weighted by molar-refractivity contribution is 0.470. The van der Waals surface area contributed by atoms with E-state index in [2.05, 4.69) is 92.1 Å². The zero-order valence-corrected chi connectivity index (χ0v) is 17.4. The van der Waals surface area contributed by atoms with Crippen molar-refractivity contribution >= 4 is 0 Å². The van der Waals surface area contributed by atoms with Crippen LogP contribution in [0.15, 0.2) is 102 Å². The normalized spacial score (nSPS) is 15.8. The highest BCUT2D eigenvalue weighted by Gasteiger charge is 2.23. The van der Waals surface area contributed by atoms with Gasteiger partial charge in [-0.15, -0.1) is 0 Å². The maximum Gasteiger partial charge on any atom is 0.0657 e. The van der Waals surface area contributed by atoms with Gasteiger partial charge in [0.15, 0.2) is 0 Å². The first-order chi connectivity index (χ1) is 13.8. The van der Waals surface area contributed by atoms with Crippen molar-refractivity contribution in [1.82, 2.24) is 15.5 Å². The summed E-state index contributed by atoms with van der Waals surface area (Å²) in [6, 6.07) is 6.47. The SMILES string of the molecule is C=C(NCc1ccc(C)c(CNC2=C(N)C(=C)C2=C)c1)C(=C)N1CC=CC=C1C. The van der Waals surface area contributed by atoms with Crippen LogP contribution in [0.3, 0.4) is 0 Å². The van der Waals surface area contributed by atoms with Gasteiger partial charge in [-0.1, -0.05) is 56.7 Å². The molecule has 0 atom stereocenters. The third-order valence-electron chi connectivity index (χ3n) is 5.50. The molecule has 0 spiro atoms. The molecule has 0 aromatic heterocycles. The molecule has 1 aromatic carbocycles. The number of hydrogen-bond acceptors (Lipinski definition) is 4. The Morgan fingerprint density at radius 3 is 2.59 bits per heavy atom. The molecule has 0 radical (unpaired) electrons. The van der Waals surface area contributed by atoms with Gasteiger partial charge in [-0.05, 0) is 36.6 Å². The first-order valence-electron chi connectivity index (χ1n) is 9.73. The molecular weight excluding hydrogens is 356 g/mol. The van der Waals surface area contributed by atoms with E-state index < -0.39 is 0 Å². The van der Waals surface area contributed by atoms with Crippen LogP contribution >= 0.6 is 0 Å². The Morgan fingerprint density at radius 1 is 1.14 bits per heavy atom. The van der Waals surface area contributed by atoms with Crippen LogP contribution in [0.4, 0.5) is 0 Å². The van der Waals surface area contributed by atoms with Crippen LogP contribution in [-0.2, 0) is 13.1 Å². The number of nitrogens with zero attached hydrogens (tertiary/aromatic N) is 1. The van der Waals surface area contributed by atoms with Crippen molar-refractivity contribution in [3.63, 3.8) is 0 Å². The fourth-order valence-corrected chi connectivity index (χ4v) is 3.38. The van der Waals surface area contributed by atoms with Gasteiger partial charge < -0.3 is 21.3 Å². The molecule has 0 fully saturated rings. The fraction of sp³-hybridized carbons (Fsp3) is 0.200. The Bertz CT molecular complexity index is 988. The number of allylic oxidation sites excluding steroid dienone is 5. The Morgan fingerprint density at radius 2 is 1.90 bits per heavy atom. The van der Waals surface area contributed by atoms with Crippen LogP contribution in [0.1, 0.15) is 23.6 Å². The maximum atomic E-state index is 5.99. The Kier molecular flexibility index (Phi) is 5.83. The van der Waals surface area contributed by atoms with Crippen LogP contribution in [0.25, 0.3) is 0 Å². The zero-order chi connectivity index (χ0) is 21.1. The highest BCUT2D eigenvalue weighted by molar-refractivity contribution is 5.65. The molecule has 4 heteroatoms. The van der Waals surface area contributed by atoms with Crippen molar-refractivity contribution in [2.45, 2.75) is 26.9 Å². The van der Waals surface area contributed by atoms with Gasteiger partial charge in [-0.25, -0.2) is 0 Å². The van der Waals surface area contributed by atoms with E-state index in [0.717, 1.165) is 40.5 Å². The van der Waals surface area contributed by atoms with E-state index in [4.69, 9.17) is 5.73 Å². The molecule has 0 saturated carbocycles. The lowest BCUT2D eigenvalue weighted by Gasteiger charge is -2.29. The lowest BCUT2D eigenvalue weighted by Crippen LogP contribution is -2.29. The van der Waals surface area contributed by atoms with Crippen LogP contribution in [0.5, 0.6) is 0 Å². The molecule has 2 aliphatic rings. The van der Waals surface area contributed by atoms with Gasteiger partial charge in [0.25, 0.3) is 0 Å². The van der Waals surface area contributed by atoms with E-state index in [1.807, 2.05) is 0 Å². The number of hydrogen-bond donors (Lipinski definition) is 3. The van der Waals surface area contributed by atoms with Crippen LogP contribution in [-0.4, -0.2) is 11.4 Å². The summed E-state index contributed by atoms with van der Waals surface area (Å²) in [5.74, 6) is 0. The molecule has 0 bridgehead atoms. The largest absolute Gasteiger partial charge is 0.397 e. The van der Waals surface area contributed by atoms with Gasteiger partial charge in [-0.2, -0.15) is 0 Å². The van der Waals surface area contributed by atoms with Crippen LogP contribution < -0.4 is 16.4 Å². The second-order valence-corrected chi connectivity index (χ2v) is 7.49. The monoisotopic (exact) mass is 386 g/mol. The van der Waals surface area contributed by atoms with E-state index in [1.54, 1.807) is 0 Å². The molecule has 3 rings (SSSR count). The lowest BCUT2D eigenvalue weighted by atomic mass is 9.90. The summed E-state index contributed by atoms with van der Waals surface area (Å²) in [4.78, 5) is 2.15. The van der Waals surface area contributed by atoms with Crippen molar-refractivity contribution in [3.05, 3.63) is 119 Å². The third kappa shape index (κ3) is 4.21. The van der Waals surface area contributed by atoms with Gasteiger partial charge in [0.2, 0.25) is 0 Å². The molecule has 1 heterocycles. The quantitative estimate of drug-likeness (QED) is 0.584. The average Bonchev–Trinajstić information content (AvgIpc) is 2.73. The molecular formula is C25H30N4. The minimum atomic E-state index is 0.686. The highest BCUT2D eigenvalue weighted by atomic mass is 15.2. The first kappa shape index (κ1) is 20.3. The van der Waals surface area contributed by atoms with Gasteiger partial charge in [-0.3, -0.25) is 0 Å². The van der Waals surface area contributed by atoms with E-state index in [0.29, 0.717) is 18.8 Å². The number of benzene rings is 1. The van der Waals surface area contributed by atoms with Gasteiger partial charge >= 0.3 is 0 Å². The Labute approximate surface area is 174 Å².